The second-order valence-corrected chi connectivity index (χ2v) is 18.2. The third-order valence-electron chi connectivity index (χ3n) is 10.2. The lowest BCUT2D eigenvalue weighted by atomic mass is 9.85. The summed E-state index contributed by atoms with van der Waals surface area (Å²) in [6.45, 7) is 9.48. The Labute approximate surface area is 317 Å². The maximum absolute atomic E-state index is 14.6. The van der Waals surface area contributed by atoms with E-state index < -0.39 is 80.4 Å². The first-order chi connectivity index (χ1) is 25.7. The van der Waals surface area contributed by atoms with Gasteiger partial charge in [0.1, 0.15) is 29.4 Å². The van der Waals surface area contributed by atoms with Crippen molar-refractivity contribution >= 4 is 56.2 Å². The number of carbonyl (C=O) groups excluding carboxylic acids is 4. The molecular formula is C37H44N6O9S2. The van der Waals surface area contributed by atoms with Crippen molar-refractivity contribution < 1.29 is 41.8 Å². The molecule has 3 aromatic rings. The van der Waals surface area contributed by atoms with Gasteiger partial charge in [-0.1, -0.05) is 45.0 Å². The number of sulfonamides is 1. The van der Waals surface area contributed by atoms with Gasteiger partial charge in [0.05, 0.1) is 34.3 Å². The van der Waals surface area contributed by atoms with E-state index >= 15 is 0 Å². The summed E-state index contributed by atoms with van der Waals surface area (Å²) in [5.74, 6) is -2.43. The maximum Gasteiger partial charge on any atom is 0.410 e. The van der Waals surface area contributed by atoms with Crippen molar-refractivity contribution in [3.63, 3.8) is 0 Å². The van der Waals surface area contributed by atoms with E-state index in [0.29, 0.717) is 42.6 Å². The minimum absolute atomic E-state index is 0.00991. The van der Waals surface area contributed by atoms with Gasteiger partial charge in [0, 0.05) is 18.8 Å². The number of amides is 4. The Morgan fingerprint density at radius 3 is 2.44 bits per heavy atom. The van der Waals surface area contributed by atoms with Gasteiger partial charge in [0.25, 0.3) is 5.91 Å². The molecule has 2 saturated carbocycles. The van der Waals surface area contributed by atoms with E-state index in [-0.39, 0.29) is 25.3 Å². The number of fused-ring (bicyclic) bond motifs is 1. The molecule has 6 atom stereocenters. The lowest BCUT2D eigenvalue weighted by molar-refractivity contribution is -0.143. The van der Waals surface area contributed by atoms with Crippen molar-refractivity contribution in [3.8, 4) is 16.5 Å². The third kappa shape index (κ3) is 7.79. The Morgan fingerprint density at radius 2 is 1.83 bits per heavy atom. The first kappa shape index (κ1) is 37.7. The van der Waals surface area contributed by atoms with Gasteiger partial charge in [-0.2, -0.15) is 0 Å². The predicted molar refractivity (Wildman–Crippen MR) is 198 cm³/mol. The van der Waals surface area contributed by atoms with Crippen LogP contribution in [-0.2, 0) is 33.9 Å². The maximum atomic E-state index is 14.6. The topological polar surface area (TPSA) is 195 Å². The summed E-state index contributed by atoms with van der Waals surface area (Å²) in [6, 6.07) is 8.80. The molecule has 0 bridgehead atoms. The highest BCUT2D eigenvalue weighted by molar-refractivity contribution is 7.91. The zero-order valence-electron chi connectivity index (χ0n) is 30.3. The van der Waals surface area contributed by atoms with E-state index in [4.69, 9.17) is 24.2 Å². The summed E-state index contributed by atoms with van der Waals surface area (Å²) >= 11 is 1.46. The summed E-state index contributed by atoms with van der Waals surface area (Å²) in [4.78, 5) is 67.3. The van der Waals surface area contributed by atoms with Crippen LogP contribution in [-0.4, -0.2) is 95.5 Å². The third-order valence-corrected chi connectivity index (χ3v) is 12.9. The monoisotopic (exact) mass is 780 g/mol. The number of rotatable bonds is 12. The fraction of sp³-hybridized carbons (Fsp3) is 0.514. The van der Waals surface area contributed by atoms with Gasteiger partial charge in [-0.05, 0) is 54.7 Å². The number of hydrogen-bond donors (Lipinski definition) is 3. The van der Waals surface area contributed by atoms with Crippen molar-refractivity contribution in [1.29, 1.82) is 0 Å². The Morgan fingerprint density at radius 1 is 1.09 bits per heavy atom. The van der Waals surface area contributed by atoms with Gasteiger partial charge >= 0.3 is 6.09 Å². The van der Waals surface area contributed by atoms with Crippen LogP contribution in [0.25, 0.3) is 21.6 Å². The zero-order chi connectivity index (χ0) is 38.4. The number of carbonyl (C=O) groups is 4. The first-order valence-electron chi connectivity index (χ1n) is 18.1. The molecule has 2 unspecified atom stereocenters. The lowest BCUT2D eigenvalue weighted by Gasteiger charge is -2.35. The fourth-order valence-electron chi connectivity index (χ4n) is 6.92. The predicted octanol–water partition coefficient (Wildman–Crippen LogP) is 3.65. The highest BCUT2D eigenvalue weighted by Gasteiger charge is 2.62. The average Bonchev–Trinajstić information content (AvgIpc) is 3.88. The lowest BCUT2D eigenvalue weighted by Crippen LogP contribution is -2.60. The van der Waals surface area contributed by atoms with Crippen molar-refractivity contribution in [2.45, 2.75) is 94.6 Å². The molecule has 2 aliphatic heterocycles. The van der Waals surface area contributed by atoms with Crippen LogP contribution >= 0.6 is 11.3 Å². The quantitative estimate of drug-likeness (QED) is 0.227. The van der Waals surface area contributed by atoms with Crippen LogP contribution in [0.3, 0.4) is 0 Å². The minimum atomic E-state index is -3.91. The number of nitrogens with one attached hydrogen (secondary N) is 3. The number of ether oxygens (including phenoxy) is 3. The number of likely N-dealkylation sites (tertiary alicyclic amines) is 1. The van der Waals surface area contributed by atoms with Gasteiger partial charge in [0.2, 0.25) is 34.0 Å². The molecule has 4 amide bonds. The van der Waals surface area contributed by atoms with E-state index in [9.17, 15) is 27.6 Å². The van der Waals surface area contributed by atoms with Crippen LogP contribution in [0.5, 0.6) is 5.88 Å². The van der Waals surface area contributed by atoms with Crippen LogP contribution in [0, 0.1) is 11.3 Å². The van der Waals surface area contributed by atoms with Crippen LogP contribution in [0.1, 0.15) is 59.3 Å². The van der Waals surface area contributed by atoms with Gasteiger partial charge in [-0.3, -0.25) is 19.1 Å². The number of aromatic nitrogens is 2. The van der Waals surface area contributed by atoms with E-state index in [1.165, 1.54) is 22.3 Å². The van der Waals surface area contributed by atoms with E-state index in [1.54, 1.807) is 20.8 Å². The number of thiophene rings is 1. The standard InChI is InChI=1S/C37H44N6O9S2/c1-5-21-19-37(21,34(46)42-54(48,49)23-14-15-23)41-31(44)26-18-22(51-32-29(27-12-9-17-53-27)38-24-10-6-7-11-25(24)39-32)20-43(26)33(45)30(36(2,3)4)40-35(47)52-28-13-8-16-50-28/h5-7,9-12,17,21-23,26,28,30H,1,8,13-16,18-20H2,2-4H3,(H,40,47)(H,41,44)(H,42,46)/t21-,22-,26+,28?,30-,37?/m1/s1. The molecule has 288 valence electrons. The SMILES string of the molecule is C=C[C@@H]1CC1(NC(=O)[C@@H]1C[C@@H](Oc2nc3ccccc3nc2-c2cccs2)CN1C(=O)[C@@H](NC(=O)OC1CCCO1)C(C)(C)C)C(=O)NS(=O)(=O)C1CC1. The molecule has 4 fully saturated rings. The molecule has 17 heteroatoms. The molecule has 4 aliphatic rings. The van der Waals surface area contributed by atoms with Crippen molar-refractivity contribution in [1.82, 2.24) is 30.2 Å². The normalized spacial score (nSPS) is 25.8. The molecule has 3 N–H and O–H groups in total. The summed E-state index contributed by atoms with van der Waals surface area (Å²) in [5.41, 5.74) is -0.660. The molecular weight excluding hydrogens is 737 g/mol. The number of alkyl carbamates (subject to hydrolysis) is 1. The van der Waals surface area contributed by atoms with Crippen LogP contribution in [0.15, 0.2) is 54.4 Å². The molecule has 0 radical (unpaired) electrons. The summed E-state index contributed by atoms with van der Waals surface area (Å²) in [5, 5.41) is 6.75. The molecule has 2 aromatic heterocycles. The number of hydrogen-bond acceptors (Lipinski definition) is 12. The number of benzene rings is 1. The molecule has 0 spiro atoms. The minimum Gasteiger partial charge on any atom is -0.471 e. The highest BCUT2D eigenvalue weighted by Crippen LogP contribution is 2.46. The van der Waals surface area contributed by atoms with Gasteiger partial charge in [-0.15, -0.1) is 17.9 Å². The first-order valence-corrected chi connectivity index (χ1v) is 20.5. The molecule has 4 heterocycles. The van der Waals surface area contributed by atoms with Crippen molar-refractivity contribution in [3.05, 3.63) is 54.4 Å². The highest BCUT2D eigenvalue weighted by atomic mass is 32.2. The van der Waals surface area contributed by atoms with Crippen LogP contribution in [0.2, 0.25) is 0 Å². The van der Waals surface area contributed by atoms with E-state index in [2.05, 4.69) is 21.9 Å². The number of para-hydroxylation sites is 2. The van der Waals surface area contributed by atoms with Crippen molar-refractivity contribution in [2.24, 2.45) is 11.3 Å². The van der Waals surface area contributed by atoms with Gasteiger partial charge < -0.3 is 29.7 Å². The Hall–Kier alpha value is -4.61. The summed E-state index contributed by atoms with van der Waals surface area (Å²) in [6.07, 6.45) is 1.45. The largest absolute Gasteiger partial charge is 0.471 e. The Balaban J connectivity index is 1.18. The van der Waals surface area contributed by atoms with E-state index in [1.807, 2.05) is 41.8 Å². The van der Waals surface area contributed by atoms with Gasteiger partial charge in [-0.25, -0.2) is 23.2 Å². The molecule has 54 heavy (non-hydrogen) atoms. The molecule has 1 aromatic carbocycles. The van der Waals surface area contributed by atoms with Crippen molar-refractivity contribution in [2.75, 3.05) is 13.2 Å². The van der Waals surface area contributed by atoms with Crippen LogP contribution in [0.4, 0.5) is 4.79 Å². The Kier molecular flexibility index (Phi) is 10.2. The molecule has 7 rings (SSSR count). The second kappa shape index (κ2) is 14.6. The van der Waals surface area contributed by atoms with E-state index in [0.717, 1.165) is 11.3 Å². The average molecular weight is 781 g/mol. The van der Waals surface area contributed by atoms with Crippen LogP contribution < -0.4 is 20.1 Å². The number of nitrogens with zero attached hydrogens (tertiary/aromatic N) is 3. The van der Waals surface area contributed by atoms with Gasteiger partial charge in [0.15, 0.2) is 0 Å². The second-order valence-electron chi connectivity index (χ2n) is 15.3. The summed E-state index contributed by atoms with van der Waals surface area (Å²) in [7, 11) is -3.91. The molecule has 2 aliphatic carbocycles. The molecule has 15 nitrogen and oxygen atoms in total. The fourth-order valence-corrected chi connectivity index (χ4v) is 8.99. The summed E-state index contributed by atoms with van der Waals surface area (Å²) < 4.78 is 45.0. The smallest absolute Gasteiger partial charge is 0.410 e. The molecule has 2 saturated heterocycles. The Bertz CT molecular complexity index is 2060. The zero-order valence-corrected chi connectivity index (χ0v) is 31.9.